The Morgan fingerprint density at radius 3 is 2.43 bits per heavy atom. The summed E-state index contributed by atoms with van der Waals surface area (Å²) in [5, 5.41) is -0.324. The first-order chi connectivity index (χ1) is 9.87. The number of hydrogen-bond acceptors (Lipinski definition) is 3. The number of carbonyl (C=O) groups excluding carboxylic acids is 1. The van der Waals surface area contributed by atoms with E-state index < -0.39 is 9.84 Å². The zero-order valence-electron chi connectivity index (χ0n) is 12.5. The van der Waals surface area contributed by atoms with Gasteiger partial charge in [0.2, 0.25) is 5.91 Å². The van der Waals surface area contributed by atoms with E-state index in [1.54, 1.807) is 4.90 Å². The van der Waals surface area contributed by atoms with Gasteiger partial charge in [-0.15, -0.1) is 0 Å². The van der Waals surface area contributed by atoms with Crippen LogP contribution in [0.3, 0.4) is 0 Å². The topological polar surface area (TPSA) is 54.5 Å². The molecule has 3 rings (SSSR count). The van der Waals surface area contributed by atoms with Crippen LogP contribution in [-0.2, 0) is 21.1 Å². The molecule has 2 fully saturated rings. The predicted molar refractivity (Wildman–Crippen MR) is 81.9 cm³/mol. The fourth-order valence-corrected chi connectivity index (χ4v) is 5.33. The molecule has 0 spiro atoms. The highest BCUT2D eigenvalue weighted by atomic mass is 32.2. The second-order valence-corrected chi connectivity index (χ2v) is 8.79. The van der Waals surface area contributed by atoms with Gasteiger partial charge in [0, 0.05) is 12.6 Å². The molecule has 2 aliphatic rings. The van der Waals surface area contributed by atoms with E-state index in [0.29, 0.717) is 25.3 Å². The fourth-order valence-electron chi connectivity index (χ4n) is 3.30. The van der Waals surface area contributed by atoms with E-state index in [-0.39, 0.29) is 23.0 Å². The number of hydrogen-bond donors (Lipinski definition) is 0. The average Bonchev–Trinajstić information content (AvgIpc) is 2.95. The summed E-state index contributed by atoms with van der Waals surface area (Å²) >= 11 is 0. The van der Waals surface area contributed by atoms with Crippen molar-refractivity contribution in [3.8, 4) is 0 Å². The van der Waals surface area contributed by atoms with Gasteiger partial charge >= 0.3 is 0 Å². The molecule has 4 nitrogen and oxygen atoms in total. The van der Waals surface area contributed by atoms with Gasteiger partial charge in [0.1, 0.15) is 0 Å². The lowest BCUT2D eigenvalue weighted by Crippen LogP contribution is -2.44. The average molecular weight is 307 g/mol. The number of amides is 1. The maximum atomic E-state index is 12.4. The minimum Gasteiger partial charge on any atom is -0.337 e. The largest absolute Gasteiger partial charge is 0.337 e. The summed E-state index contributed by atoms with van der Waals surface area (Å²) in [6.07, 6.45) is 0.988. The van der Waals surface area contributed by atoms with Crippen molar-refractivity contribution in [3.05, 3.63) is 35.4 Å². The Morgan fingerprint density at radius 1 is 1.29 bits per heavy atom. The van der Waals surface area contributed by atoms with Gasteiger partial charge < -0.3 is 4.90 Å². The summed E-state index contributed by atoms with van der Waals surface area (Å²) in [4.78, 5) is 14.1. The van der Waals surface area contributed by atoms with Crippen LogP contribution in [0.4, 0.5) is 0 Å². The van der Waals surface area contributed by atoms with Crippen molar-refractivity contribution in [2.75, 3.05) is 12.3 Å². The van der Waals surface area contributed by atoms with Crippen LogP contribution in [0.2, 0.25) is 0 Å². The Morgan fingerprint density at radius 2 is 1.95 bits per heavy atom. The highest BCUT2D eigenvalue weighted by molar-refractivity contribution is 7.92. The van der Waals surface area contributed by atoms with Gasteiger partial charge in [0.15, 0.2) is 9.84 Å². The number of fused-ring (bicyclic) bond motifs is 2. The Labute approximate surface area is 126 Å². The van der Waals surface area contributed by atoms with Crippen LogP contribution >= 0.6 is 0 Å². The maximum Gasteiger partial charge on any atom is 0.227 e. The second kappa shape index (κ2) is 5.13. The molecule has 114 valence electrons. The van der Waals surface area contributed by atoms with Crippen molar-refractivity contribution in [2.45, 2.75) is 43.9 Å². The molecular weight excluding hydrogens is 286 g/mol. The zero-order chi connectivity index (χ0) is 15.2. The van der Waals surface area contributed by atoms with Crippen LogP contribution in [0, 0.1) is 0 Å². The van der Waals surface area contributed by atoms with Gasteiger partial charge in [0.05, 0.1) is 17.4 Å². The molecular formula is C16H21NO3S. The first-order valence-corrected chi connectivity index (χ1v) is 9.18. The van der Waals surface area contributed by atoms with Gasteiger partial charge in [-0.25, -0.2) is 8.42 Å². The molecule has 1 aromatic carbocycles. The molecule has 0 radical (unpaired) electrons. The Hall–Kier alpha value is -1.36. The number of sulfone groups is 1. The highest BCUT2D eigenvalue weighted by Gasteiger charge is 2.49. The fraction of sp³-hybridized carbons (Fsp3) is 0.562. The first kappa shape index (κ1) is 14.6. The summed E-state index contributed by atoms with van der Waals surface area (Å²) < 4.78 is 23.4. The molecule has 0 aliphatic carbocycles. The van der Waals surface area contributed by atoms with Crippen LogP contribution in [0.1, 0.15) is 37.3 Å². The van der Waals surface area contributed by atoms with Crippen molar-refractivity contribution in [1.29, 1.82) is 0 Å². The van der Waals surface area contributed by atoms with Gasteiger partial charge in [-0.05, 0) is 23.5 Å². The number of likely N-dealkylation sites (tertiary alicyclic amines) is 1. The third kappa shape index (κ3) is 2.71. The zero-order valence-corrected chi connectivity index (χ0v) is 13.3. The Bertz CT molecular complexity index is 649. The molecule has 2 heterocycles. The SMILES string of the molecule is CC(C)c1ccc(CC(=O)N2CC3CC2CS3(=O)=O)cc1. The highest BCUT2D eigenvalue weighted by Crippen LogP contribution is 2.33. The minimum atomic E-state index is -2.94. The number of benzene rings is 1. The molecule has 2 aliphatic heterocycles. The molecule has 2 bridgehead atoms. The summed E-state index contributed by atoms with van der Waals surface area (Å²) in [7, 11) is -2.94. The molecule has 2 atom stereocenters. The van der Waals surface area contributed by atoms with E-state index in [2.05, 4.69) is 26.0 Å². The number of rotatable bonds is 3. The quantitative estimate of drug-likeness (QED) is 0.855. The second-order valence-electron chi connectivity index (χ2n) is 6.46. The van der Waals surface area contributed by atoms with Crippen LogP contribution in [0.15, 0.2) is 24.3 Å². The third-order valence-electron chi connectivity index (χ3n) is 4.63. The van der Waals surface area contributed by atoms with E-state index in [4.69, 9.17) is 0 Å². The van der Waals surface area contributed by atoms with Crippen molar-refractivity contribution >= 4 is 15.7 Å². The third-order valence-corrected chi connectivity index (χ3v) is 6.84. The van der Waals surface area contributed by atoms with Crippen molar-refractivity contribution in [3.63, 3.8) is 0 Å². The first-order valence-electron chi connectivity index (χ1n) is 7.46. The van der Waals surface area contributed by atoms with E-state index in [0.717, 1.165) is 5.56 Å². The lowest BCUT2D eigenvalue weighted by molar-refractivity contribution is -0.131. The van der Waals surface area contributed by atoms with Gasteiger partial charge in [-0.1, -0.05) is 38.1 Å². The van der Waals surface area contributed by atoms with Gasteiger partial charge in [-0.2, -0.15) is 0 Å². The summed E-state index contributed by atoms with van der Waals surface area (Å²) in [5.41, 5.74) is 2.26. The lowest BCUT2D eigenvalue weighted by atomic mass is 10.0. The number of carbonyl (C=O) groups is 1. The van der Waals surface area contributed by atoms with E-state index in [1.165, 1.54) is 5.56 Å². The molecule has 2 saturated heterocycles. The standard InChI is InChI=1S/C16H21NO3S/c1-11(2)13-5-3-12(4-6-13)7-16(18)17-9-15-8-14(17)10-21(15,19)20/h3-6,11,14-15H,7-10H2,1-2H3. The molecule has 2 unspecified atom stereocenters. The smallest absolute Gasteiger partial charge is 0.227 e. The van der Waals surface area contributed by atoms with Crippen molar-refractivity contribution < 1.29 is 13.2 Å². The molecule has 1 amide bonds. The summed E-state index contributed by atoms with van der Waals surface area (Å²) in [6.45, 7) is 4.67. The number of nitrogens with zero attached hydrogens (tertiary/aromatic N) is 1. The molecule has 0 aromatic heterocycles. The predicted octanol–water partition coefficient (Wildman–Crippen LogP) is 1.75. The summed E-state index contributed by atoms with van der Waals surface area (Å²) in [6, 6.07) is 8.03. The van der Waals surface area contributed by atoms with Crippen LogP contribution in [0.25, 0.3) is 0 Å². The van der Waals surface area contributed by atoms with Crippen molar-refractivity contribution in [1.82, 2.24) is 4.90 Å². The van der Waals surface area contributed by atoms with Crippen LogP contribution in [-0.4, -0.2) is 42.8 Å². The molecule has 0 N–H and O–H groups in total. The van der Waals surface area contributed by atoms with Crippen molar-refractivity contribution in [2.24, 2.45) is 0 Å². The molecule has 1 aromatic rings. The normalized spacial score (nSPS) is 26.5. The van der Waals surface area contributed by atoms with Crippen LogP contribution < -0.4 is 0 Å². The Balaban J connectivity index is 1.65. The van der Waals surface area contributed by atoms with Gasteiger partial charge in [0.25, 0.3) is 0 Å². The lowest BCUT2D eigenvalue weighted by Gasteiger charge is -2.27. The van der Waals surface area contributed by atoms with Gasteiger partial charge in [-0.3, -0.25) is 4.79 Å². The molecule has 21 heavy (non-hydrogen) atoms. The summed E-state index contributed by atoms with van der Waals surface area (Å²) in [5.74, 6) is 0.680. The Kier molecular flexibility index (Phi) is 3.56. The van der Waals surface area contributed by atoms with Crippen LogP contribution in [0.5, 0.6) is 0 Å². The molecule has 5 heteroatoms. The van der Waals surface area contributed by atoms with E-state index >= 15 is 0 Å². The molecule has 0 saturated carbocycles. The van der Waals surface area contributed by atoms with E-state index in [1.807, 2.05) is 12.1 Å². The van der Waals surface area contributed by atoms with E-state index in [9.17, 15) is 13.2 Å². The monoisotopic (exact) mass is 307 g/mol. The minimum absolute atomic E-state index is 0.0506. The maximum absolute atomic E-state index is 12.4.